The van der Waals surface area contributed by atoms with Gasteiger partial charge in [-0.15, -0.1) is 5.10 Å². The molecule has 0 radical (unpaired) electrons. The van der Waals surface area contributed by atoms with Crippen molar-refractivity contribution in [3.05, 3.63) is 41.7 Å². The Morgan fingerprint density at radius 3 is 2.62 bits per heavy atom. The summed E-state index contributed by atoms with van der Waals surface area (Å²) in [5, 5.41) is 13.4. The van der Waals surface area contributed by atoms with E-state index >= 15 is 0 Å². The average molecular weight is 450 g/mol. The van der Waals surface area contributed by atoms with Gasteiger partial charge in [-0.2, -0.15) is 23.1 Å². The van der Waals surface area contributed by atoms with Gasteiger partial charge in [-0.25, -0.2) is 9.97 Å². The molecule has 3 aromatic rings. The molecule has 10 nitrogen and oxygen atoms in total. The van der Waals surface area contributed by atoms with E-state index in [0.717, 1.165) is 19.4 Å². The second-order valence-electron chi connectivity index (χ2n) is 7.66. The van der Waals surface area contributed by atoms with E-state index in [1.807, 2.05) is 0 Å². The average Bonchev–Trinajstić information content (AvgIpc) is 3.27. The number of fused-ring (bicyclic) bond motifs is 1. The third-order valence-electron chi connectivity index (χ3n) is 4.85. The Hall–Kier alpha value is -3.51. The fraction of sp³-hybridized carbons (Fsp3) is 0.474. The lowest BCUT2D eigenvalue weighted by Crippen LogP contribution is -2.25. The number of nitrogens with one attached hydrogen (secondary N) is 2. The van der Waals surface area contributed by atoms with Crippen molar-refractivity contribution in [2.45, 2.75) is 51.5 Å². The lowest BCUT2D eigenvalue weighted by molar-refractivity contribution is -0.144. The van der Waals surface area contributed by atoms with Crippen molar-refractivity contribution in [1.29, 1.82) is 0 Å². The summed E-state index contributed by atoms with van der Waals surface area (Å²) in [4.78, 5) is 34.0. The molecule has 0 aromatic carbocycles. The smallest absolute Gasteiger partial charge is 0.350 e. The van der Waals surface area contributed by atoms with Gasteiger partial charge in [0.15, 0.2) is 5.69 Å². The van der Waals surface area contributed by atoms with Crippen LogP contribution in [0.1, 0.15) is 47.6 Å². The second-order valence-corrected chi connectivity index (χ2v) is 7.66. The Bertz CT molecular complexity index is 1120. The van der Waals surface area contributed by atoms with Gasteiger partial charge >= 0.3 is 6.18 Å². The number of alkyl halides is 3. The molecule has 1 aliphatic carbocycles. The molecule has 3 aromatic heterocycles. The van der Waals surface area contributed by atoms with Gasteiger partial charge in [0.05, 0.1) is 43.6 Å². The molecule has 2 N–H and O–H groups in total. The van der Waals surface area contributed by atoms with Crippen LogP contribution >= 0.6 is 0 Å². The molecule has 170 valence electrons. The van der Waals surface area contributed by atoms with Gasteiger partial charge in [-0.1, -0.05) is 0 Å². The van der Waals surface area contributed by atoms with E-state index < -0.39 is 24.9 Å². The number of hydrogen-bond acceptors (Lipinski definition) is 6. The zero-order valence-electron chi connectivity index (χ0n) is 17.0. The summed E-state index contributed by atoms with van der Waals surface area (Å²) >= 11 is 0. The molecular formula is C19H21F3N8O2. The number of nitrogens with zero attached hydrogens (tertiary/aromatic N) is 6. The van der Waals surface area contributed by atoms with E-state index in [1.165, 1.54) is 11.0 Å². The second kappa shape index (κ2) is 8.93. The minimum atomic E-state index is -4.37. The van der Waals surface area contributed by atoms with E-state index in [4.69, 9.17) is 0 Å². The van der Waals surface area contributed by atoms with Crippen molar-refractivity contribution in [3.8, 4) is 0 Å². The lowest BCUT2D eigenvalue weighted by Gasteiger charge is -2.07. The molecule has 1 fully saturated rings. The highest BCUT2D eigenvalue weighted by atomic mass is 19.4. The number of halogens is 3. The van der Waals surface area contributed by atoms with Crippen LogP contribution in [-0.4, -0.2) is 47.4 Å². The molecule has 0 bridgehead atoms. The summed E-state index contributed by atoms with van der Waals surface area (Å²) < 4.78 is 38.2. The van der Waals surface area contributed by atoms with Crippen LogP contribution in [0, 0.1) is 5.92 Å². The summed E-state index contributed by atoms with van der Waals surface area (Å²) in [5.41, 5.74) is 1.24. The van der Waals surface area contributed by atoms with Crippen LogP contribution in [0.3, 0.4) is 0 Å². The van der Waals surface area contributed by atoms with Gasteiger partial charge in [0.2, 0.25) is 11.7 Å². The fourth-order valence-electron chi connectivity index (χ4n) is 2.96. The monoisotopic (exact) mass is 450 g/mol. The van der Waals surface area contributed by atoms with Gasteiger partial charge < -0.3 is 10.6 Å². The van der Waals surface area contributed by atoms with E-state index in [0.29, 0.717) is 23.1 Å². The van der Waals surface area contributed by atoms with Crippen LogP contribution in [0.5, 0.6) is 0 Å². The molecule has 1 saturated carbocycles. The van der Waals surface area contributed by atoms with Crippen LogP contribution in [0.15, 0.2) is 24.7 Å². The van der Waals surface area contributed by atoms with E-state index in [2.05, 4.69) is 30.8 Å². The Labute approximate surface area is 180 Å². The number of imidazole rings is 1. The first-order valence-electron chi connectivity index (χ1n) is 10.1. The summed E-state index contributed by atoms with van der Waals surface area (Å²) in [6.45, 7) is 0.861. The largest absolute Gasteiger partial charge is 0.389 e. The summed E-state index contributed by atoms with van der Waals surface area (Å²) in [7, 11) is 0. The van der Waals surface area contributed by atoms with Crippen LogP contribution in [0.25, 0.3) is 5.78 Å². The topological polar surface area (TPSA) is 119 Å². The molecule has 0 atom stereocenters. The number of carbonyl (C=O) groups is 2. The normalized spacial score (nSPS) is 14.0. The van der Waals surface area contributed by atoms with E-state index in [-0.39, 0.29) is 24.7 Å². The van der Waals surface area contributed by atoms with Crippen LogP contribution in [-0.2, 0) is 24.4 Å². The minimum absolute atomic E-state index is 0.0113. The third-order valence-corrected chi connectivity index (χ3v) is 4.85. The first kappa shape index (κ1) is 21.7. The minimum Gasteiger partial charge on any atom is -0.350 e. The summed E-state index contributed by atoms with van der Waals surface area (Å²) in [6, 6.07) is 1.62. The molecule has 13 heteroatoms. The molecule has 2 amide bonds. The highest BCUT2D eigenvalue weighted by Crippen LogP contribution is 2.29. The SMILES string of the molecule is O=C(CCC(F)(F)F)NCc1ccn2cc(CNC(=O)c3cnn(CC4CC4)n3)nc2n1. The number of rotatable bonds is 9. The molecule has 0 spiro atoms. The Morgan fingerprint density at radius 1 is 1.12 bits per heavy atom. The fourth-order valence-corrected chi connectivity index (χ4v) is 2.96. The molecule has 3 heterocycles. The Balaban J connectivity index is 1.29. The van der Waals surface area contributed by atoms with Gasteiger partial charge in [0, 0.05) is 18.8 Å². The lowest BCUT2D eigenvalue weighted by atomic mass is 10.3. The summed E-state index contributed by atoms with van der Waals surface area (Å²) in [5.74, 6) is -0.127. The quantitative estimate of drug-likeness (QED) is 0.511. The summed E-state index contributed by atoms with van der Waals surface area (Å²) in [6.07, 6.45) is 0.945. The number of aromatic nitrogens is 6. The predicted molar refractivity (Wildman–Crippen MR) is 104 cm³/mol. The first-order valence-corrected chi connectivity index (χ1v) is 10.1. The molecule has 0 saturated heterocycles. The van der Waals surface area contributed by atoms with E-state index in [9.17, 15) is 22.8 Å². The van der Waals surface area contributed by atoms with Crippen molar-refractivity contribution in [2.24, 2.45) is 5.92 Å². The van der Waals surface area contributed by atoms with Crippen LogP contribution < -0.4 is 10.6 Å². The molecule has 0 unspecified atom stereocenters. The van der Waals surface area contributed by atoms with Crippen LogP contribution in [0.2, 0.25) is 0 Å². The van der Waals surface area contributed by atoms with Crippen molar-refractivity contribution in [2.75, 3.05) is 0 Å². The van der Waals surface area contributed by atoms with E-state index in [1.54, 1.807) is 22.9 Å². The standard InChI is InChI=1S/C19H21F3N8O2/c20-19(21,22)5-3-16(31)23-7-13-4-6-29-11-14(27-18(29)26-13)8-24-17(32)15-9-25-30(28-15)10-12-1-2-12/h4,6,9,11-12H,1-3,5,7-8,10H2,(H,23,31)(H,24,32). The maximum Gasteiger partial charge on any atom is 0.389 e. The Morgan fingerprint density at radius 2 is 1.88 bits per heavy atom. The molecular weight excluding hydrogens is 429 g/mol. The highest BCUT2D eigenvalue weighted by molar-refractivity contribution is 5.91. The third kappa shape index (κ3) is 6.02. The Kier molecular flexibility index (Phi) is 6.06. The number of hydrogen-bond donors (Lipinski definition) is 2. The predicted octanol–water partition coefficient (Wildman–Crippen LogP) is 1.62. The number of carbonyl (C=O) groups excluding carboxylic acids is 2. The van der Waals surface area contributed by atoms with Gasteiger partial charge in [-0.05, 0) is 24.8 Å². The van der Waals surface area contributed by atoms with Crippen molar-refractivity contribution in [1.82, 2.24) is 40.0 Å². The molecule has 1 aliphatic rings. The van der Waals surface area contributed by atoms with Crippen molar-refractivity contribution in [3.63, 3.8) is 0 Å². The van der Waals surface area contributed by atoms with Crippen LogP contribution in [0.4, 0.5) is 13.2 Å². The zero-order valence-corrected chi connectivity index (χ0v) is 17.0. The van der Waals surface area contributed by atoms with Crippen molar-refractivity contribution >= 4 is 17.6 Å². The van der Waals surface area contributed by atoms with Crippen molar-refractivity contribution < 1.29 is 22.8 Å². The van der Waals surface area contributed by atoms with Gasteiger partial charge in [0.25, 0.3) is 5.91 Å². The highest BCUT2D eigenvalue weighted by Gasteiger charge is 2.27. The molecule has 32 heavy (non-hydrogen) atoms. The molecule has 0 aliphatic heterocycles. The molecule has 4 rings (SSSR count). The maximum absolute atomic E-state index is 12.3. The van der Waals surface area contributed by atoms with Gasteiger partial charge in [0.1, 0.15) is 0 Å². The van der Waals surface area contributed by atoms with Gasteiger partial charge in [-0.3, -0.25) is 14.0 Å². The zero-order chi connectivity index (χ0) is 22.7. The number of amides is 2. The first-order chi connectivity index (χ1) is 15.2. The maximum atomic E-state index is 12.3.